The first-order valence-corrected chi connectivity index (χ1v) is 8.21. The van der Waals surface area contributed by atoms with Crippen molar-refractivity contribution in [3.8, 4) is 0 Å². The standard InChI is InChI=1S/C13H15BrN4OS/c1-8-17-10(7-20-8)4-15-11-5-16-18(6-9-2-3-9)13(19)12(11)14/h5,7,9,15H,2-4,6H2,1H3. The van der Waals surface area contributed by atoms with Gasteiger partial charge in [-0.15, -0.1) is 11.3 Å². The Kier molecular flexibility index (Phi) is 3.89. The van der Waals surface area contributed by atoms with Crippen LogP contribution in [-0.4, -0.2) is 14.8 Å². The highest BCUT2D eigenvalue weighted by atomic mass is 79.9. The van der Waals surface area contributed by atoms with E-state index in [0.29, 0.717) is 22.6 Å². The van der Waals surface area contributed by atoms with E-state index in [9.17, 15) is 4.79 Å². The summed E-state index contributed by atoms with van der Waals surface area (Å²) >= 11 is 4.99. The lowest BCUT2D eigenvalue weighted by atomic mass is 10.4. The van der Waals surface area contributed by atoms with E-state index >= 15 is 0 Å². The number of thiazole rings is 1. The number of aromatic nitrogens is 3. The Labute approximate surface area is 129 Å². The van der Waals surface area contributed by atoms with Crippen LogP contribution in [0.1, 0.15) is 23.5 Å². The smallest absolute Gasteiger partial charge is 0.283 e. The summed E-state index contributed by atoms with van der Waals surface area (Å²) in [5.41, 5.74) is 1.62. The van der Waals surface area contributed by atoms with Gasteiger partial charge in [0.2, 0.25) is 0 Å². The van der Waals surface area contributed by atoms with Crippen LogP contribution in [0.2, 0.25) is 0 Å². The van der Waals surface area contributed by atoms with E-state index in [-0.39, 0.29) is 5.56 Å². The fraction of sp³-hybridized carbons (Fsp3) is 0.462. The summed E-state index contributed by atoms with van der Waals surface area (Å²) in [5.74, 6) is 0.629. The average molecular weight is 355 g/mol. The molecule has 7 heteroatoms. The summed E-state index contributed by atoms with van der Waals surface area (Å²) in [6.45, 7) is 3.30. The number of hydrogen-bond donors (Lipinski definition) is 1. The zero-order valence-corrected chi connectivity index (χ0v) is 13.5. The molecule has 1 saturated carbocycles. The average Bonchev–Trinajstić information content (AvgIpc) is 3.15. The van der Waals surface area contributed by atoms with Crippen LogP contribution >= 0.6 is 27.3 Å². The van der Waals surface area contributed by atoms with Crippen molar-refractivity contribution in [2.24, 2.45) is 5.92 Å². The molecule has 3 rings (SSSR count). The molecule has 0 spiro atoms. The Morgan fingerprint density at radius 2 is 2.35 bits per heavy atom. The van der Waals surface area contributed by atoms with Gasteiger partial charge in [-0.2, -0.15) is 5.10 Å². The molecular formula is C13H15BrN4OS. The van der Waals surface area contributed by atoms with Crippen LogP contribution in [0.3, 0.4) is 0 Å². The Morgan fingerprint density at radius 3 is 3.00 bits per heavy atom. The summed E-state index contributed by atoms with van der Waals surface area (Å²) in [6.07, 6.45) is 4.11. The predicted octanol–water partition coefficient (Wildman–Crippen LogP) is 2.79. The lowest BCUT2D eigenvalue weighted by Gasteiger charge is -2.09. The van der Waals surface area contributed by atoms with Crippen LogP contribution in [0.25, 0.3) is 0 Å². The largest absolute Gasteiger partial charge is 0.377 e. The van der Waals surface area contributed by atoms with Crippen molar-refractivity contribution in [2.75, 3.05) is 5.32 Å². The van der Waals surface area contributed by atoms with Crippen LogP contribution in [0.4, 0.5) is 5.69 Å². The fourth-order valence-corrected chi connectivity index (χ4v) is 3.00. The zero-order valence-electron chi connectivity index (χ0n) is 11.1. The second-order valence-corrected chi connectivity index (χ2v) is 6.87. The number of nitrogens with one attached hydrogen (secondary N) is 1. The van der Waals surface area contributed by atoms with E-state index < -0.39 is 0 Å². The molecule has 20 heavy (non-hydrogen) atoms. The van der Waals surface area contributed by atoms with Gasteiger partial charge in [0.05, 0.1) is 29.1 Å². The van der Waals surface area contributed by atoms with E-state index in [1.54, 1.807) is 22.2 Å². The van der Waals surface area contributed by atoms with Gasteiger partial charge in [0.25, 0.3) is 5.56 Å². The van der Waals surface area contributed by atoms with E-state index in [4.69, 9.17) is 0 Å². The van der Waals surface area contributed by atoms with E-state index in [1.165, 1.54) is 12.8 Å². The molecule has 0 amide bonds. The maximum atomic E-state index is 12.2. The number of nitrogens with zero attached hydrogens (tertiary/aromatic N) is 3. The molecule has 1 fully saturated rings. The normalized spacial score (nSPS) is 14.5. The highest BCUT2D eigenvalue weighted by Crippen LogP contribution is 2.30. The van der Waals surface area contributed by atoms with Crippen LogP contribution in [-0.2, 0) is 13.1 Å². The molecule has 2 heterocycles. The monoisotopic (exact) mass is 354 g/mol. The molecule has 0 atom stereocenters. The van der Waals surface area contributed by atoms with Crippen LogP contribution in [0.5, 0.6) is 0 Å². The fourth-order valence-electron chi connectivity index (χ4n) is 1.94. The second kappa shape index (κ2) is 5.65. The third kappa shape index (κ3) is 3.09. The van der Waals surface area contributed by atoms with E-state index in [1.807, 2.05) is 12.3 Å². The molecule has 5 nitrogen and oxygen atoms in total. The SMILES string of the molecule is Cc1nc(CNc2cnn(CC3CC3)c(=O)c2Br)cs1. The van der Waals surface area contributed by atoms with Gasteiger partial charge < -0.3 is 5.32 Å². The van der Waals surface area contributed by atoms with Gasteiger partial charge in [-0.3, -0.25) is 4.79 Å². The van der Waals surface area contributed by atoms with Gasteiger partial charge in [-0.1, -0.05) is 0 Å². The number of halogens is 1. The Balaban J connectivity index is 1.73. The second-order valence-electron chi connectivity index (χ2n) is 5.01. The summed E-state index contributed by atoms with van der Waals surface area (Å²) in [5, 5.41) is 10.5. The van der Waals surface area contributed by atoms with Gasteiger partial charge in [0.15, 0.2) is 0 Å². The minimum atomic E-state index is -0.0728. The van der Waals surface area contributed by atoms with Crippen LogP contribution in [0.15, 0.2) is 20.8 Å². The van der Waals surface area contributed by atoms with E-state index in [0.717, 1.165) is 17.2 Å². The van der Waals surface area contributed by atoms with Gasteiger partial charge in [-0.05, 0) is 41.6 Å². The third-order valence-electron chi connectivity index (χ3n) is 3.24. The van der Waals surface area contributed by atoms with Crippen molar-refractivity contribution in [1.29, 1.82) is 0 Å². The van der Waals surface area contributed by atoms with Gasteiger partial charge in [0.1, 0.15) is 4.47 Å². The highest BCUT2D eigenvalue weighted by Gasteiger charge is 2.23. The highest BCUT2D eigenvalue weighted by molar-refractivity contribution is 9.10. The molecule has 106 valence electrons. The summed E-state index contributed by atoms with van der Waals surface area (Å²) in [7, 11) is 0. The summed E-state index contributed by atoms with van der Waals surface area (Å²) in [4.78, 5) is 16.5. The summed E-state index contributed by atoms with van der Waals surface area (Å²) in [6, 6.07) is 0. The molecule has 0 bridgehead atoms. The molecule has 1 aliphatic rings. The van der Waals surface area contributed by atoms with Crippen molar-refractivity contribution in [3.05, 3.63) is 37.1 Å². The lowest BCUT2D eigenvalue weighted by molar-refractivity contribution is 0.532. The lowest BCUT2D eigenvalue weighted by Crippen LogP contribution is -2.25. The number of aryl methyl sites for hydroxylation is 1. The molecular weight excluding hydrogens is 340 g/mol. The van der Waals surface area contributed by atoms with Crippen LogP contribution < -0.4 is 10.9 Å². The van der Waals surface area contributed by atoms with Crippen molar-refractivity contribution in [1.82, 2.24) is 14.8 Å². The topological polar surface area (TPSA) is 59.8 Å². The Hall–Kier alpha value is -1.21. The minimum absolute atomic E-state index is 0.0728. The quantitative estimate of drug-likeness (QED) is 0.896. The molecule has 0 saturated heterocycles. The molecule has 1 N–H and O–H groups in total. The van der Waals surface area contributed by atoms with E-state index in [2.05, 4.69) is 31.3 Å². The Bertz CT molecular complexity index is 677. The molecule has 1 aliphatic carbocycles. The molecule has 0 aromatic carbocycles. The first-order chi connectivity index (χ1) is 9.63. The first kappa shape index (κ1) is 13.8. The first-order valence-electron chi connectivity index (χ1n) is 6.54. The van der Waals surface area contributed by atoms with Gasteiger partial charge in [-0.25, -0.2) is 9.67 Å². The summed E-state index contributed by atoms with van der Waals surface area (Å²) < 4.78 is 2.08. The third-order valence-corrected chi connectivity index (χ3v) is 4.83. The zero-order chi connectivity index (χ0) is 14.1. The number of rotatable bonds is 5. The maximum Gasteiger partial charge on any atom is 0.283 e. The predicted molar refractivity (Wildman–Crippen MR) is 83.1 cm³/mol. The molecule has 2 aromatic heterocycles. The number of anilines is 1. The molecule has 0 unspecified atom stereocenters. The maximum absolute atomic E-state index is 12.2. The van der Waals surface area contributed by atoms with Crippen molar-refractivity contribution in [3.63, 3.8) is 0 Å². The minimum Gasteiger partial charge on any atom is -0.377 e. The van der Waals surface area contributed by atoms with Crippen LogP contribution in [0, 0.1) is 12.8 Å². The van der Waals surface area contributed by atoms with Crippen molar-refractivity contribution >= 4 is 33.0 Å². The Morgan fingerprint density at radius 1 is 1.55 bits per heavy atom. The van der Waals surface area contributed by atoms with Gasteiger partial charge >= 0.3 is 0 Å². The molecule has 0 aliphatic heterocycles. The number of hydrogen-bond acceptors (Lipinski definition) is 5. The van der Waals surface area contributed by atoms with Crippen molar-refractivity contribution < 1.29 is 0 Å². The van der Waals surface area contributed by atoms with Crippen molar-refractivity contribution in [2.45, 2.75) is 32.9 Å². The molecule has 2 aromatic rings. The molecule has 0 radical (unpaired) electrons. The van der Waals surface area contributed by atoms with Gasteiger partial charge in [0, 0.05) is 11.9 Å².